The number of methoxy groups -OCH3 is 1. The van der Waals surface area contributed by atoms with Gasteiger partial charge >= 0.3 is 5.97 Å². The molecule has 0 bridgehead atoms. The molecule has 134 valence electrons. The van der Waals surface area contributed by atoms with Crippen molar-refractivity contribution in [3.8, 4) is 11.5 Å². The first kappa shape index (κ1) is 18.9. The third-order valence-corrected chi connectivity index (χ3v) is 4.36. The molecule has 25 heavy (non-hydrogen) atoms. The summed E-state index contributed by atoms with van der Waals surface area (Å²) in [5.74, 6) is -0.799. The second-order valence-corrected chi connectivity index (χ2v) is 6.65. The fourth-order valence-electron chi connectivity index (χ4n) is 2.19. The molecule has 0 unspecified atom stereocenters. The number of carboxylic acid groups (broad SMARTS) is 1. The number of imide groups is 1. The van der Waals surface area contributed by atoms with E-state index in [0.717, 1.165) is 11.8 Å². The molecule has 0 aromatic heterocycles. The average molecular weight is 365 g/mol. The van der Waals surface area contributed by atoms with Gasteiger partial charge in [0.05, 0.1) is 12.0 Å². The van der Waals surface area contributed by atoms with Gasteiger partial charge in [0.25, 0.3) is 11.1 Å². The highest BCUT2D eigenvalue weighted by molar-refractivity contribution is 8.18. The molecule has 2 rings (SSSR count). The Hall–Kier alpha value is -2.48. The molecular weight excluding hydrogens is 346 g/mol. The van der Waals surface area contributed by atoms with Gasteiger partial charge in [-0.2, -0.15) is 0 Å². The highest BCUT2D eigenvalue weighted by atomic mass is 32.2. The van der Waals surface area contributed by atoms with Crippen LogP contribution in [0.5, 0.6) is 11.5 Å². The summed E-state index contributed by atoms with van der Waals surface area (Å²) in [6, 6.07) is 4.64. The van der Waals surface area contributed by atoms with E-state index in [9.17, 15) is 14.4 Å². The summed E-state index contributed by atoms with van der Waals surface area (Å²) in [6.45, 7) is 4.97. The molecule has 0 saturated carbocycles. The van der Waals surface area contributed by atoms with Crippen molar-refractivity contribution in [2.24, 2.45) is 0 Å². The van der Waals surface area contributed by atoms with Crippen molar-refractivity contribution in [1.82, 2.24) is 4.90 Å². The van der Waals surface area contributed by atoms with Crippen molar-refractivity contribution in [3.63, 3.8) is 0 Å². The maximum atomic E-state index is 12.3. The van der Waals surface area contributed by atoms with Gasteiger partial charge in [-0.25, -0.2) is 4.79 Å². The van der Waals surface area contributed by atoms with Gasteiger partial charge < -0.3 is 14.6 Å². The molecule has 1 aliphatic heterocycles. The van der Waals surface area contributed by atoms with Gasteiger partial charge in [0.2, 0.25) is 0 Å². The second-order valence-electron chi connectivity index (χ2n) is 5.65. The van der Waals surface area contributed by atoms with E-state index in [0.29, 0.717) is 16.2 Å². The van der Waals surface area contributed by atoms with Crippen molar-refractivity contribution < 1.29 is 29.0 Å². The Morgan fingerprint density at radius 3 is 2.44 bits per heavy atom. The monoisotopic (exact) mass is 365 g/mol. The molecule has 1 atom stereocenters. The minimum atomic E-state index is -1.09. The Balaban J connectivity index is 2.28. The largest absolute Gasteiger partial charge is 0.493 e. The van der Waals surface area contributed by atoms with Crippen molar-refractivity contribution in [3.05, 3.63) is 28.7 Å². The minimum Gasteiger partial charge on any atom is -0.493 e. The molecule has 2 amide bonds. The summed E-state index contributed by atoms with van der Waals surface area (Å²) in [6.07, 6.45) is 0.572. The van der Waals surface area contributed by atoms with Crippen LogP contribution in [0.25, 0.3) is 6.08 Å². The molecule has 1 aromatic rings. The first-order valence-electron chi connectivity index (χ1n) is 7.59. The van der Waals surface area contributed by atoms with E-state index in [4.69, 9.17) is 14.6 Å². The van der Waals surface area contributed by atoms with Crippen molar-refractivity contribution >= 4 is 35.0 Å². The summed E-state index contributed by atoms with van der Waals surface area (Å²) in [5.41, 5.74) is 0.640. The summed E-state index contributed by atoms with van der Waals surface area (Å²) in [7, 11) is 1.43. The lowest BCUT2D eigenvalue weighted by Crippen LogP contribution is -2.34. The summed E-state index contributed by atoms with van der Waals surface area (Å²) < 4.78 is 10.6. The van der Waals surface area contributed by atoms with Crippen LogP contribution in [0.3, 0.4) is 0 Å². The number of nitrogens with zero attached hydrogens (tertiary/aromatic N) is 1. The predicted molar refractivity (Wildman–Crippen MR) is 93.7 cm³/mol. The molecule has 1 saturated heterocycles. The zero-order valence-electron chi connectivity index (χ0n) is 14.3. The third-order valence-electron chi connectivity index (χ3n) is 3.48. The lowest BCUT2D eigenvalue weighted by Gasteiger charge is -2.16. The highest BCUT2D eigenvalue weighted by Crippen LogP contribution is 2.35. The first-order valence-corrected chi connectivity index (χ1v) is 8.40. The number of carbonyl (C=O) groups is 3. The van der Waals surface area contributed by atoms with Crippen molar-refractivity contribution in [2.45, 2.75) is 32.9 Å². The average Bonchev–Trinajstić information content (AvgIpc) is 2.82. The Kier molecular flexibility index (Phi) is 5.73. The quantitative estimate of drug-likeness (QED) is 0.775. The fourth-order valence-corrected chi connectivity index (χ4v) is 3.15. The van der Waals surface area contributed by atoms with Crippen LogP contribution in [0.4, 0.5) is 4.79 Å². The molecule has 8 heteroatoms. The van der Waals surface area contributed by atoms with E-state index in [-0.39, 0.29) is 22.9 Å². The van der Waals surface area contributed by atoms with E-state index < -0.39 is 12.1 Å². The highest BCUT2D eigenvalue weighted by Gasteiger charge is 2.36. The van der Waals surface area contributed by atoms with Crippen LogP contribution in [-0.2, 0) is 9.59 Å². The zero-order chi connectivity index (χ0) is 18.7. The maximum absolute atomic E-state index is 12.3. The Morgan fingerprint density at radius 1 is 1.24 bits per heavy atom. The summed E-state index contributed by atoms with van der Waals surface area (Å²) >= 11 is 0.886. The van der Waals surface area contributed by atoms with Crippen LogP contribution >= 0.6 is 11.8 Å². The second kappa shape index (κ2) is 7.60. The summed E-state index contributed by atoms with van der Waals surface area (Å²) in [5, 5.41) is 8.62. The van der Waals surface area contributed by atoms with Crippen LogP contribution < -0.4 is 9.47 Å². The fraction of sp³-hybridized carbons (Fsp3) is 0.353. The van der Waals surface area contributed by atoms with E-state index in [1.807, 2.05) is 0 Å². The van der Waals surface area contributed by atoms with Crippen molar-refractivity contribution in [2.75, 3.05) is 7.11 Å². The van der Waals surface area contributed by atoms with Crippen LogP contribution in [0.2, 0.25) is 0 Å². The predicted octanol–water partition coefficient (Wildman–Crippen LogP) is 2.99. The molecule has 1 fully saturated rings. The molecule has 0 aliphatic carbocycles. The summed E-state index contributed by atoms with van der Waals surface area (Å²) in [4.78, 5) is 36.7. The van der Waals surface area contributed by atoms with E-state index >= 15 is 0 Å². The molecular formula is C17H19NO6S. The first-order chi connectivity index (χ1) is 11.7. The van der Waals surface area contributed by atoms with Gasteiger partial charge in [-0.1, -0.05) is 6.07 Å². The number of hydrogen-bond acceptors (Lipinski definition) is 6. The van der Waals surface area contributed by atoms with E-state index in [1.54, 1.807) is 38.1 Å². The number of carboxylic acids is 1. The Labute approximate surface area is 149 Å². The molecule has 0 radical (unpaired) electrons. The van der Waals surface area contributed by atoms with Crippen LogP contribution in [-0.4, -0.2) is 46.4 Å². The molecule has 1 aliphatic rings. The molecule has 1 aromatic carbocycles. The normalized spacial score (nSPS) is 17.3. The maximum Gasteiger partial charge on any atom is 0.344 e. The molecule has 7 nitrogen and oxygen atoms in total. The molecule has 1 N–H and O–H groups in total. The lowest BCUT2D eigenvalue weighted by atomic mass is 10.1. The standard InChI is InChI=1S/C17H19NO6S/c1-9(2)18-15(19)14(25-17(18)22)8-11-5-6-12(13(7-11)23-4)24-10(3)16(20)21/h5-10H,1-4H3,(H,20,21)/b14-8-/t10-/m0/s1. The smallest absolute Gasteiger partial charge is 0.344 e. The van der Waals surface area contributed by atoms with Gasteiger partial charge in [-0.15, -0.1) is 0 Å². The van der Waals surface area contributed by atoms with Gasteiger partial charge in [-0.05, 0) is 56.3 Å². The number of rotatable bonds is 6. The number of aliphatic carboxylic acids is 1. The zero-order valence-corrected chi connectivity index (χ0v) is 15.1. The van der Waals surface area contributed by atoms with E-state index in [2.05, 4.69) is 0 Å². The molecule has 0 spiro atoms. The van der Waals surface area contributed by atoms with Crippen LogP contribution in [0.15, 0.2) is 23.1 Å². The molecule has 1 heterocycles. The number of ether oxygens (including phenoxy) is 2. The number of amides is 2. The Bertz CT molecular complexity index is 743. The van der Waals surface area contributed by atoms with Crippen LogP contribution in [0, 0.1) is 0 Å². The van der Waals surface area contributed by atoms with Crippen molar-refractivity contribution in [1.29, 1.82) is 0 Å². The topological polar surface area (TPSA) is 93.1 Å². The van der Waals surface area contributed by atoms with Crippen LogP contribution in [0.1, 0.15) is 26.3 Å². The number of hydrogen-bond donors (Lipinski definition) is 1. The van der Waals surface area contributed by atoms with E-state index in [1.165, 1.54) is 18.9 Å². The number of thioether (sulfide) groups is 1. The van der Waals surface area contributed by atoms with Gasteiger partial charge in [0.15, 0.2) is 17.6 Å². The van der Waals surface area contributed by atoms with Gasteiger partial charge in [0, 0.05) is 6.04 Å². The van der Waals surface area contributed by atoms with Gasteiger partial charge in [0.1, 0.15) is 0 Å². The third kappa shape index (κ3) is 4.14. The SMILES string of the molecule is COc1cc(/C=C2\SC(=O)N(C(C)C)C2=O)ccc1O[C@@H](C)C(=O)O. The van der Waals surface area contributed by atoms with Gasteiger partial charge in [-0.3, -0.25) is 14.5 Å². The number of benzene rings is 1. The minimum absolute atomic E-state index is 0.207. The number of carbonyl (C=O) groups excluding carboxylic acids is 2. The Morgan fingerprint density at radius 2 is 1.92 bits per heavy atom. The lowest BCUT2D eigenvalue weighted by molar-refractivity contribution is -0.144.